The fraction of sp³-hybridized carbons (Fsp3) is 0.357. The van der Waals surface area contributed by atoms with Crippen molar-refractivity contribution in [2.75, 3.05) is 7.05 Å². The summed E-state index contributed by atoms with van der Waals surface area (Å²) in [6.07, 6.45) is 3.71. The third-order valence-corrected chi connectivity index (χ3v) is 3.23. The van der Waals surface area contributed by atoms with Gasteiger partial charge in [0.15, 0.2) is 0 Å². The van der Waals surface area contributed by atoms with E-state index in [1.54, 1.807) is 0 Å². The molecule has 0 aliphatic carbocycles. The van der Waals surface area contributed by atoms with E-state index in [-0.39, 0.29) is 11.9 Å². The van der Waals surface area contributed by atoms with Gasteiger partial charge in [-0.3, -0.25) is 4.68 Å². The van der Waals surface area contributed by atoms with E-state index in [0.717, 1.165) is 18.4 Å². The first-order valence-corrected chi connectivity index (χ1v) is 6.10. The molecule has 1 N–H and O–H groups in total. The first-order chi connectivity index (χ1) is 8.70. The van der Waals surface area contributed by atoms with Crippen LogP contribution in [-0.4, -0.2) is 16.8 Å². The monoisotopic (exact) mass is 247 g/mol. The van der Waals surface area contributed by atoms with Crippen LogP contribution in [0.1, 0.15) is 23.7 Å². The second kappa shape index (κ2) is 5.78. The Morgan fingerprint density at radius 1 is 1.28 bits per heavy atom. The van der Waals surface area contributed by atoms with Gasteiger partial charge in [-0.25, -0.2) is 4.39 Å². The van der Waals surface area contributed by atoms with Crippen LogP contribution in [0, 0.1) is 5.82 Å². The summed E-state index contributed by atoms with van der Waals surface area (Å²) >= 11 is 0. The number of hydrogen-bond acceptors (Lipinski definition) is 2. The number of benzene rings is 1. The molecule has 0 fully saturated rings. The topological polar surface area (TPSA) is 29.9 Å². The molecule has 3 nitrogen and oxygen atoms in total. The summed E-state index contributed by atoms with van der Waals surface area (Å²) in [7, 11) is 3.87. The lowest BCUT2D eigenvalue weighted by Gasteiger charge is -2.16. The molecule has 2 rings (SSSR count). The van der Waals surface area contributed by atoms with E-state index in [9.17, 15) is 4.39 Å². The Bertz CT molecular complexity index is 490. The van der Waals surface area contributed by atoms with E-state index in [4.69, 9.17) is 0 Å². The Hall–Kier alpha value is -1.68. The van der Waals surface area contributed by atoms with Crippen molar-refractivity contribution in [1.29, 1.82) is 0 Å². The normalized spacial score (nSPS) is 12.6. The van der Waals surface area contributed by atoms with E-state index in [0.29, 0.717) is 0 Å². The van der Waals surface area contributed by atoms with Crippen LogP contribution < -0.4 is 5.32 Å². The summed E-state index contributed by atoms with van der Waals surface area (Å²) in [6.45, 7) is 0. The third kappa shape index (κ3) is 2.96. The Morgan fingerprint density at radius 2 is 2.00 bits per heavy atom. The quantitative estimate of drug-likeness (QED) is 0.879. The first-order valence-electron chi connectivity index (χ1n) is 6.10. The summed E-state index contributed by atoms with van der Waals surface area (Å²) in [6, 6.07) is 8.94. The molecule has 0 radical (unpaired) electrons. The summed E-state index contributed by atoms with van der Waals surface area (Å²) in [5.74, 6) is -0.194. The predicted molar refractivity (Wildman–Crippen MR) is 69.7 cm³/mol. The van der Waals surface area contributed by atoms with Crippen LogP contribution in [0.4, 0.5) is 4.39 Å². The van der Waals surface area contributed by atoms with Gasteiger partial charge in [0.1, 0.15) is 5.82 Å². The molecule has 1 unspecified atom stereocenters. The maximum Gasteiger partial charge on any atom is 0.123 e. The molecule has 96 valence electrons. The minimum absolute atomic E-state index is 0.194. The van der Waals surface area contributed by atoms with Gasteiger partial charge >= 0.3 is 0 Å². The molecule has 18 heavy (non-hydrogen) atoms. The van der Waals surface area contributed by atoms with Gasteiger partial charge in [0, 0.05) is 25.0 Å². The summed E-state index contributed by atoms with van der Waals surface area (Å²) in [4.78, 5) is 0. The minimum Gasteiger partial charge on any atom is -0.313 e. The fourth-order valence-corrected chi connectivity index (χ4v) is 2.11. The molecule has 1 heterocycles. The van der Waals surface area contributed by atoms with Crippen molar-refractivity contribution in [3.63, 3.8) is 0 Å². The Labute approximate surface area is 107 Å². The van der Waals surface area contributed by atoms with E-state index in [1.165, 1.54) is 17.8 Å². The van der Waals surface area contributed by atoms with Gasteiger partial charge in [-0.1, -0.05) is 12.1 Å². The van der Waals surface area contributed by atoms with Crippen molar-refractivity contribution in [2.24, 2.45) is 7.05 Å². The molecule has 0 aliphatic rings. The average molecular weight is 247 g/mol. The van der Waals surface area contributed by atoms with Crippen molar-refractivity contribution in [2.45, 2.75) is 18.9 Å². The molecule has 4 heteroatoms. The molecule has 1 aromatic carbocycles. The standard InChI is InChI=1S/C14H18FN3/c1-16-14(11-3-5-12(15)6-4-11)8-7-13-9-10-17-18(13)2/h3-6,9-10,14,16H,7-8H2,1-2H3. The molecule has 0 saturated heterocycles. The molecule has 2 aromatic rings. The number of nitrogens with zero attached hydrogens (tertiary/aromatic N) is 2. The molecular formula is C14H18FN3. The Morgan fingerprint density at radius 3 is 2.56 bits per heavy atom. The van der Waals surface area contributed by atoms with Gasteiger partial charge < -0.3 is 5.32 Å². The van der Waals surface area contributed by atoms with Gasteiger partial charge in [-0.2, -0.15) is 5.10 Å². The van der Waals surface area contributed by atoms with Crippen LogP contribution in [0.5, 0.6) is 0 Å². The lowest BCUT2D eigenvalue weighted by atomic mass is 10.0. The average Bonchev–Trinajstić information content (AvgIpc) is 2.78. The number of aromatic nitrogens is 2. The molecule has 1 aromatic heterocycles. The fourth-order valence-electron chi connectivity index (χ4n) is 2.11. The van der Waals surface area contributed by atoms with Crippen LogP contribution in [0.3, 0.4) is 0 Å². The molecule has 0 aliphatic heterocycles. The zero-order valence-corrected chi connectivity index (χ0v) is 10.7. The highest BCUT2D eigenvalue weighted by molar-refractivity contribution is 5.20. The van der Waals surface area contributed by atoms with Crippen molar-refractivity contribution >= 4 is 0 Å². The lowest BCUT2D eigenvalue weighted by Crippen LogP contribution is -2.17. The van der Waals surface area contributed by atoms with E-state index in [1.807, 2.05) is 43.2 Å². The van der Waals surface area contributed by atoms with E-state index < -0.39 is 0 Å². The highest BCUT2D eigenvalue weighted by Gasteiger charge is 2.10. The van der Waals surface area contributed by atoms with Gasteiger partial charge in [-0.15, -0.1) is 0 Å². The minimum atomic E-state index is -0.194. The van der Waals surface area contributed by atoms with Crippen molar-refractivity contribution in [1.82, 2.24) is 15.1 Å². The number of rotatable bonds is 5. The van der Waals surface area contributed by atoms with Gasteiger partial charge in [-0.05, 0) is 43.7 Å². The van der Waals surface area contributed by atoms with Gasteiger partial charge in [0.2, 0.25) is 0 Å². The van der Waals surface area contributed by atoms with Crippen LogP contribution in [0.25, 0.3) is 0 Å². The second-order valence-corrected chi connectivity index (χ2v) is 4.38. The van der Waals surface area contributed by atoms with Gasteiger partial charge in [0.05, 0.1) is 0 Å². The third-order valence-electron chi connectivity index (χ3n) is 3.23. The second-order valence-electron chi connectivity index (χ2n) is 4.38. The molecule has 1 atom stereocenters. The molecular weight excluding hydrogens is 229 g/mol. The Kier molecular flexibility index (Phi) is 4.10. The summed E-state index contributed by atoms with van der Waals surface area (Å²) < 4.78 is 14.8. The maximum atomic E-state index is 12.9. The smallest absolute Gasteiger partial charge is 0.123 e. The molecule has 0 amide bonds. The van der Waals surface area contributed by atoms with Crippen LogP contribution in [-0.2, 0) is 13.5 Å². The van der Waals surface area contributed by atoms with Crippen LogP contribution >= 0.6 is 0 Å². The lowest BCUT2D eigenvalue weighted by molar-refractivity contribution is 0.534. The zero-order chi connectivity index (χ0) is 13.0. The first kappa shape index (κ1) is 12.8. The highest BCUT2D eigenvalue weighted by atomic mass is 19.1. The zero-order valence-electron chi connectivity index (χ0n) is 10.7. The molecule has 0 bridgehead atoms. The van der Waals surface area contributed by atoms with Crippen molar-refractivity contribution in [3.8, 4) is 0 Å². The molecule has 0 saturated carbocycles. The SMILES string of the molecule is CNC(CCc1ccnn1C)c1ccc(F)cc1. The largest absolute Gasteiger partial charge is 0.313 e. The molecule has 0 spiro atoms. The van der Waals surface area contributed by atoms with Crippen LogP contribution in [0.2, 0.25) is 0 Å². The predicted octanol–water partition coefficient (Wildman–Crippen LogP) is 2.45. The Balaban J connectivity index is 2.01. The van der Waals surface area contributed by atoms with Crippen LogP contribution in [0.15, 0.2) is 36.5 Å². The van der Waals surface area contributed by atoms with Crippen molar-refractivity contribution < 1.29 is 4.39 Å². The number of aryl methyl sites for hydroxylation is 2. The van der Waals surface area contributed by atoms with E-state index in [2.05, 4.69) is 10.4 Å². The number of halogens is 1. The summed E-state index contributed by atoms with van der Waals surface area (Å²) in [5.41, 5.74) is 2.32. The summed E-state index contributed by atoms with van der Waals surface area (Å²) in [5, 5.41) is 7.42. The highest BCUT2D eigenvalue weighted by Crippen LogP contribution is 2.19. The maximum absolute atomic E-state index is 12.9. The van der Waals surface area contributed by atoms with Gasteiger partial charge in [0.25, 0.3) is 0 Å². The number of nitrogens with one attached hydrogen (secondary N) is 1. The number of hydrogen-bond donors (Lipinski definition) is 1. The van der Waals surface area contributed by atoms with E-state index >= 15 is 0 Å². The van der Waals surface area contributed by atoms with Crippen molar-refractivity contribution in [3.05, 3.63) is 53.6 Å².